The highest BCUT2D eigenvalue weighted by molar-refractivity contribution is 7.48. The average molecular weight is 258 g/mol. The Morgan fingerprint density at radius 3 is 2.06 bits per heavy atom. The fourth-order valence-electron chi connectivity index (χ4n) is 1.62. The van der Waals surface area contributed by atoms with Crippen molar-refractivity contribution in [2.24, 2.45) is 0 Å². The summed E-state index contributed by atoms with van der Waals surface area (Å²) in [5, 5.41) is 0. The van der Waals surface area contributed by atoms with Crippen molar-refractivity contribution < 1.29 is 18.1 Å². The van der Waals surface area contributed by atoms with Gasteiger partial charge in [-0.3, -0.25) is 13.6 Å². The van der Waals surface area contributed by atoms with Crippen molar-refractivity contribution in [2.45, 2.75) is 31.5 Å². The maximum absolute atomic E-state index is 12.2. The Bertz CT molecular complexity index is 304. The van der Waals surface area contributed by atoms with Crippen molar-refractivity contribution in [3.8, 4) is 0 Å². The topological polar surface area (TPSA) is 44.8 Å². The van der Waals surface area contributed by atoms with Crippen molar-refractivity contribution in [3.63, 3.8) is 0 Å². The van der Waals surface area contributed by atoms with Gasteiger partial charge in [-0.05, 0) is 12.8 Å². The van der Waals surface area contributed by atoms with E-state index in [1.54, 1.807) is 12.2 Å². The monoisotopic (exact) mass is 258 g/mol. The Hall–Kier alpha value is -0.670. The second-order valence-corrected chi connectivity index (χ2v) is 5.35. The van der Waals surface area contributed by atoms with Gasteiger partial charge in [-0.1, -0.05) is 18.2 Å². The molecule has 17 heavy (non-hydrogen) atoms. The number of rotatable bonds is 7. The van der Waals surface area contributed by atoms with Gasteiger partial charge in [0.05, 0.1) is 18.8 Å². The minimum Gasteiger partial charge on any atom is -0.283 e. The third kappa shape index (κ3) is 4.60. The largest absolute Gasteiger partial charge is 0.475 e. The minimum absolute atomic E-state index is 0.138. The first-order valence-corrected chi connectivity index (χ1v) is 7.03. The molecule has 1 fully saturated rings. The van der Waals surface area contributed by atoms with Gasteiger partial charge in [0.1, 0.15) is 0 Å². The summed E-state index contributed by atoms with van der Waals surface area (Å²) in [6.07, 6.45) is 6.53. The van der Waals surface area contributed by atoms with Gasteiger partial charge in [-0.25, -0.2) is 4.57 Å². The first-order chi connectivity index (χ1) is 8.13. The van der Waals surface area contributed by atoms with Gasteiger partial charge in [-0.15, -0.1) is 19.7 Å². The number of hydrogen-bond donors (Lipinski definition) is 0. The van der Waals surface area contributed by atoms with Crippen LogP contribution >= 0.6 is 7.82 Å². The van der Waals surface area contributed by atoms with Gasteiger partial charge in [0.25, 0.3) is 0 Å². The Morgan fingerprint density at radius 1 is 1.12 bits per heavy atom. The van der Waals surface area contributed by atoms with E-state index in [2.05, 4.69) is 19.7 Å². The molecule has 0 aliphatic carbocycles. The van der Waals surface area contributed by atoms with E-state index in [4.69, 9.17) is 13.6 Å². The van der Waals surface area contributed by atoms with Crippen LogP contribution in [0.1, 0.15) is 19.3 Å². The molecule has 1 aliphatic rings. The molecule has 1 saturated heterocycles. The fraction of sp³-hybridized carbons (Fsp3) is 0.500. The van der Waals surface area contributed by atoms with Crippen molar-refractivity contribution in [3.05, 3.63) is 38.0 Å². The molecular weight excluding hydrogens is 239 g/mol. The van der Waals surface area contributed by atoms with Gasteiger partial charge in [0.2, 0.25) is 0 Å². The average Bonchev–Trinajstić information content (AvgIpc) is 2.27. The van der Waals surface area contributed by atoms with Gasteiger partial charge in [-0.2, -0.15) is 0 Å². The molecule has 96 valence electrons. The van der Waals surface area contributed by atoms with Gasteiger partial charge >= 0.3 is 7.82 Å². The van der Waals surface area contributed by atoms with E-state index in [9.17, 15) is 4.57 Å². The first kappa shape index (κ1) is 14.4. The quantitative estimate of drug-likeness (QED) is 0.516. The van der Waals surface area contributed by atoms with Crippen LogP contribution in [0.15, 0.2) is 38.0 Å². The highest BCUT2D eigenvalue weighted by Gasteiger charge is 2.39. The zero-order valence-corrected chi connectivity index (χ0v) is 10.8. The molecule has 1 heterocycles. The van der Waals surface area contributed by atoms with E-state index in [1.165, 1.54) is 6.08 Å². The molecule has 4 nitrogen and oxygen atoms in total. The summed E-state index contributed by atoms with van der Waals surface area (Å²) in [5.41, 5.74) is 0. The molecule has 3 atom stereocenters. The van der Waals surface area contributed by atoms with Crippen molar-refractivity contribution >= 4 is 7.82 Å². The zero-order valence-electron chi connectivity index (χ0n) is 9.92. The molecule has 0 aromatic rings. The molecule has 1 rings (SSSR count). The van der Waals surface area contributed by atoms with E-state index in [1.807, 2.05) is 0 Å². The van der Waals surface area contributed by atoms with Crippen LogP contribution in [-0.2, 0) is 18.1 Å². The Morgan fingerprint density at radius 2 is 1.65 bits per heavy atom. The van der Waals surface area contributed by atoms with Crippen LogP contribution < -0.4 is 0 Å². The Balaban J connectivity index is 2.69. The molecule has 0 N–H and O–H groups in total. The molecule has 0 spiro atoms. The third-order valence-electron chi connectivity index (χ3n) is 2.29. The van der Waals surface area contributed by atoms with Crippen LogP contribution in [0.4, 0.5) is 0 Å². The molecule has 0 amide bonds. The predicted octanol–water partition coefficient (Wildman–Crippen LogP) is 3.62. The molecule has 1 unspecified atom stereocenters. The zero-order chi connectivity index (χ0) is 12.7. The summed E-state index contributed by atoms with van der Waals surface area (Å²) in [7, 11) is -3.47. The second-order valence-electron chi connectivity index (χ2n) is 3.77. The van der Waals surface area contributed by atoms with E-state index in [-0.39, 0.29) is 18.8 Å². The second kappa shape index (κ2) is 6.92. The molecule has 0 radical (unpaired) electrons. The third-order valence-corrected chi connectivity index (χ3v) is 3.87. The van der Waals surface area contributed by atoms with E-state index < -0.39 is 7.82 Å². The maximum atomic E-state index is 12.2. The summed E-state index contributed by atoms with van der Waals surface area (Å²) >= 11 is 0. The van der Waals surface area contributed by atoms with Crippen molar-refractivity contribution in [1.29, 1.82) is 0 Å². The predicted molar refractivity (Wildman–Crippen MR) is 67.7 cm³/mol. The lowest BCUT2D eigenvalue weighted by Crippen LogP contribution is -2.28. The fourth-order valence-corrected chi connectivity index (χ4v) is 3.16. The maximum Gasteiger partial charge on any atom is 0.475 e. The number of phosphoric ester groups is 1. The van der Waals surface area contributed by atoms with Crippen LogP contribution in [0.25, 0.3) is 0 Å². The lowest BCUT2D eigenvalue weighted by Gasteiger charge is -2.33. The molecule has 0 aromatic carbocycles. The smallest absolute Gasteiger partial charge is 0.283 e. The minimum atomic E-state index is -3.47. The molecule has 0 saturated carbocycles. The van der Waals surface area contributed by atoms with Crippen LogP contribution in [0.2, 0.25) is 0 Å². The normalized spacial score (nSPS) is 32.9. The summed E-state index contributed by atoms with van der Waals surface area (Å²) in [6.45, 7) is 10.9. The lowest BCUT2D eigenvalue weighted by molar-refractivity contribution is -0.00532. The Kier molecular flexibility index (Phi) is 5.86. The lowest BCUT2D eigenvalue weighted by atomic mass is 10.1. The summed E-state index contributed by atoms with van der Waals surface area (Å²) in [4.78, 5) is 0. The summed E-state index contributed by atoms with van der Waals surface area (Å²) < 4.78 is 28.0. The van der Waals surface area contributed by atoms with Gasteiger partial charge < -0.3 is 0 Å². The summed E-state index contributed by atoms with van der Waals surface area (Å²) in [5.74, 6) is 0. The first-order valence-electron chi connectivity index (χ1n) is 5.57. The highest BCUT2D eigenvalue weighted by Crippen LogP contribution is 2.56. The van der Waals surface area contributed by atoms with Gasteiger partial charge in [0.15, 0.2) is 0 Å². The van der Waals surface area contributed by atoms with Crippen LogP contribution in [0, 0.1) is 0 Å². The Labute approximate surface area is 103 Å². The van der Waals surface area contributed by atoms with Gasteiger partial charge in [0, 0.05) is 6.42 Å². The molecule has 0 bridgehead atoms. The van der Waals surface area contributed by atoms with Crippen LogP contribution in [0.3, 0.4) is 0 Å². The van der Waals surface area contributed by atoms with Crippen LogP contribution in [0.5, 0.6) is 0 Å². The van der Waals surface area contributed by atoms with Crippen molar-refractivity contribution in [2.75, 3.05) is 6.61 Å². The number of hydrogen-bond acceptors (Lipinski definition) is 4. The molecule has 1 aliphatic heterocycles. The number of phosphoric acid groups is 1. The van der Waals surface area contributed by atoms with E-state index in [0.29, 0.717) is 19.3 Å². The standard InChI is InChI=1S/C12H19O4P/c1-4-7-11-10-12(8-5-2)16-17(13,15-11)14-9-6-3/h4-6,11-12H,1-3,7-10H2/t11-,12+,17?. The summed E-state index contributed by atoms with van der Waals surface area (Å²) in [6, 6.07) is 0. The molecular formula is C12H19O4P. The van der Waals surface area contributed by atoms with Crippen molar-refractivity contribution in [1.82, 2.24) is 0 Å². The van der Waals surface area contributed by atoms with E-state index in [0.717, 1.165) is 0 Å². The van der Waals surface area contributed by atoms with Crippen LogP contribution in [-0.4, -0.2) is 18.8 Å². The SMILES string of the molecule is C=CCOP1(=O)O[C@H](CC=C)C[C@H](CC=C)O1. The highest BCUT2D eigenvalue weighted by atomic mass is 31.2. The van der Waals surface area contributed by atoms with E-state index >= 15 is 0 Å². The molecule has 5 heteroatoms. The molecule has 0 aromatic heterocycles.